The maximum absolute atomic E-state index is 12.9. The first-order valence-corrected chi connectivity index (χ1v) is 13.0. The molecule has 0 aliphatic carbocycles. The normalized spacial score (nSPS) is 15.5. The minimum absolute atomic E-state index is 0.00363. The average molecular weight is 497 g/mol. The fourth-order valence-electron chi connectivity index (χ4n) is 3.40. The largest absolute Gasteiger partial charge is 0.336 e. The summed E-state index contributed by atoms with van der Waals surface area (Å²) in [6.07, 6.45) is 0. The third-order valence-electron chi connectivity index (χ3n) is 4.97. The van der Waals surface area contributed by atoms with Gasteiger partial charge in [-0.3, -0.25) is 14.9 Å². The second-order valence-electron chi connectivity index (χ2n) is 7.75. The first kappa shape index (κ1) is 24.8. The van der Waals surface area contributed by atoms with Crippen LogP contribution >= 0.6 is 0 Å². The number of benzene rings is 2. The van der Waals surface area contributed by atoms with Gasteiger partial charge >= 0.3 is 0 Å². The molecule has 0 aromatic heterocycles. The number of hydrogen-bond acceptors (Lipinski definition) is 7. The van der Waals surface area contributed by atoms with Crippen molar-refractivity contribution in [3.63, 3.8) is 0 Å². The number of carbonyl (C=O) groups is 1. The van der Waals surface area contributed by atoms with Gasteiger partial charge in [0, 0.05) is 49.9 Å². The fourth-order valence-corrected chi connectivity index (χ4v) is 6.15. The number of piperazine rings is 1. The summed E-state index contributed by atoms with van der Waals surface area (Å²) in [5, 5.41) is 11.0. The molecule has 0 radical (unpaired) electrons. The number of amides is 1. The molecule has 1 aliphatic rings. The summed E-state index contributed by atoms with van der Waals surface area (Å²) in [7, 11) is -7.74. The summed E-state index contributed by atoms with van der Waals surface area (Å²) >= 11 is 0. The molecule has 178 valence electrons. The number of nitrogens with one attached hydrogen (secondary N) is 1. The maximum Gasteiger partial charge on any atom is 0.270 e. The van der Waals surface area contributed by atoms with E-state index in [-0.39, 0.29) is 53.3 Å². The number of rotatable bonds is 7. The fraction of sp³-hybridized carbons (Fsp3) is 0.350. The zero-order valence-electron chi connectivity index (χ0n) is 18.0. The second kappa shape index (κ2) is 9.55. The van der Waals surface area contributed by atoms with Gasteiger partial charge in [0.25, 0.3) is 11.6 Å². The van der Waals surface area contributed by atoms with Crippen LogP contribution in [-0.4, -0.2) is 69.1 Å². The first-order chi connectivity index (χ1) is 15.4. The first-order valence-electron chi connectivity index (χ1n) is 10.1. The van der Waals surface area contributed by atoms with Gasteiger partial charge in [0.1, 0.15) is 0 Å². The van der Waals surface area contributed by atoms with Gasteiger partial charge in [0.2, 0.25) is 20.0 Å². The average Bonchev–Trinajstić information content (AvgIpc) is 2.78. The second-order valence-corrected chi connectivity index (χ2v) is 11.4. The number of hydrogen-bond donors (Lipinski definition) is 1. The lowest BCUT2D eigenvalue weighted by Gasteiger charge is -2.34. The van der Waals surface area contributed by atoms with Gasteiger partial charge < -0.3 is 4.90 Å². The molecule has 0 saturated carbocycles. The van der Waals surface area contributed by atoms with Crippen molar-refractivity contribution in [1.82, 2.24) is 13.9 Å². The van der Waals surface area contributed by atoms with Gasteiger partial charge in [-0.05, 0) is 38.1 Å². The van der Waals surface area contributed by atoms with Crippen molar-refractivity contribution >= 4 is 31.6 Å². The highest BCUT2D eigenvalue weighted by atomic mass is 32.2. The summed E-state index contributed by atoms with van der Waals surface area (Å²) in [4.78, 5) is 24.4. The third kappa shape index (κ3) is 5.55. The zero-order valence-corrected chi connectivity index (χ0v) is 19.7. The van der Waals surface area contributed by atoms with E-state index in [0.29, 0.717) is 0 Å². The standard InChI is InChI=1S/C20H24N4O7S2/c1-15(2)21-32(28,29)18-7-3-5-16(13-18)20(25)22-9-11-23(12-10-22)33(30,31)19-8-4-6-17(14-19)24(26)27/h3-8,13-15,21H,9-12H2,1-2H3. The predicted molar refractivity (Wildman–Crippen MR) is 120 cm³/mol. The zero-order chi connectivity index (χ0) is 24.4. The molecule has 1 fully saturated rings. The van der Waals surface area contributed by atoms with E-state index in [1.54, 1.807) is 13.8 Å². The Hall–Kier alpha value is -2.87. The number of nitrogens with zero attached hydrogens (tertiary/aromatic N) is 3. The van der Waals surface area contributed by atoms with E-state index >= 15 is 0 Å². The van der Waals surface area contributed by atoms with Crippen molar-refractivity contribution in [2.24, 2.45) is 0 Å². The quantitative estimate of drug-likeness (QED) is 0.450. The molecule has 0 atom stereocenters. The van der Waals surface area contributed by atoms with E-state index in [9.17, 15) is 31.7 Å². The van der Waals surface area contributed by atoms with Crippen molar-refractivity contribution in [2.75, 3.05) is 26.2 Å². The van der Waals surface area contributed by atoms with Crippen LogP contribution in [-0.2, 0) is 20.0 Å². The molecule has 1 amide bonds. The van der Waals surface area contributed by atoms with Crippen LogP contribution in [0.15, 0.2) is 58.3 Å². The van der Waals surface area contributed by atoms with E-state index < -0.39 is 30.9 Å². The molecule has 33 heavy (non-hydrogen) atoms. The number of sulfonamides is 2. The molecule has 3 rings (SSSR count). The summed E-state index contributed by atoms with van der Waals surface area (Å²) in [5.74, 6) is -0.413. The molecular formula is C20H24N4O7S2. The predicted octanol–water partition coefficient (Wildman–Crippen LogP) is 1.43. The van der Waals surface area contributed by atoms with Crippen LogP contribution in [0.4, 0.5) is 5.69 Å². The molecule has 1 aliphatic heterocycles. The molecule has 13 heteroatoms. The summed E-state index contributed by atoms with van der Waals surface area (Å²) in [5.41, 5.74) is -0.150. The molecule has 2 aromatic carbocycles. The van der Waals surface area contributed by atoms with Crippen LogP contribution in [0.1, 0.15) is 24.2 Å². The van der Waals surface area contributed by atoms with Gasteiger partial charge in [-0.25, -0.2) is 21.6 Å². The Balaban J connectivity index is 1.72. The van der Waals surface area contributed by atoms with Gasteiger partial charge in [-0.1, -0.05) is 12.1 Å². The van der Waals surface area contributed by atoms with Crippen molar-refractivity contribution in [3.05, 3.63) is 64.2 Å². The molecule has 0 unspecified atom stereocenters. The maximum atomic E-state index is 12.9. The Bertz CT molecular complexity index is 1270. The number of non-ortho nitro benzene ring substituents is 1. The van der Waals surface area contributed by atoms with Gasteiger partial charge in [-0.15, -0.1) is 0 Å². The Morgan fingerprint density at radius 2 is 1.58 bits per heavy atom. The molecule has 2 aromatic rings. The van der Waals surface area contributed by atoms with Crippen LogP contribution in [0.2, 0.25) is 0 Å². The number of carbonyl (C=O) groups excluding carboxylic acids is 1. The highest BCUT2D eigenvalue weighted by Gasteiger charge is 2.31. The Kier molecular flexibility index (Phi) is 7.17. The van der Waals surface area contributed by atoms with Crippen LogP contribution in [0.3, 0.4) is 0 Å². The van der Waals surface area contributed by atoms with Crippen molar-refractivity contribution in [2.45, 2.75) is 29.7 Å². The SMILES string of the molecule is CC(C)NS(=O)(=O)c1cccc(C(=O)N2CCN(S(=O)(=O)c3cccc([N+](=O)[O-])c3)CC2)c1. The van der Waals surface area contributed by atoms with E-state index in [0.717, 1.165) is 6.07 Å². The van der Waals surface area contributed by atoms with Gasteiger partial charge in [0.05, 0.1) is 14.7 Å². The number of nitro groups is 1. The summed E-state index contributed by atoms with van der Waals surface area (Å²) in [6.45, 7) is 3.57. The van der Waals surface area contributed by atoms with Crippen molar-refractivity contribution < 1.29 is 26.6 Å². The van der Waals surface area contributed by atoms with Crippen LogP contribution in [0.5, 0.6) is 0 Å². The van der Waals surface area contributed by atoms with Gasteiger partial charge in [0.15, 0.2) is 0 Å². The minimum Gasteiger partial charge on any atom is -0.336 e. The summed E-state index contributed by atoms with van der Waals surface area (Å²) in [6, 6.07) is 10.2. The minimum atomic E-state index is -3.97. The van der Waals surface area contributed by atoms with Crippen molar-refractivity contribution in [1.29, 1.82) is 0 Å². The van der Waals surface area contributed by atoms with E-state index in [1.807, 2.05) is 0 Å². The molecule has 1 heterocycles. The third-order valence-corrected chi connectivity index (χ3v) is 8.53. The lowest BCUT2D eigenvalue weighted by atomic mass is 10.2. The number of nitro benzene ring substituents is 1. The molecular weight excluding hydrogens is 472 g/mol. The highest BCUT2D eigenvalue weighted by Crippen LogP contribution is 2.23. The van der Waals surface area contributed by atoms with E-state index in [2.05, 4.69) is 4.72 Å². The monoisotopic (exact) mass is 496 g/mol. The molecule has 1 N–H and O–H groups in total. The van der Waals surface area contributed by atoms with Crippen LogP contribution in [0, 0.1) is 10.1 Å². The molecule has 1 saturated heterocycles. The highest BCUT2D eigenvalue weighted by molar-refractivity contribution is 7.89. The topological polar surface area (TPSA) is 147 Å². The lowest BCUT2D eigenvalue weighted by Crippen LogP contribution is -2.50. The van der Waals surface area contributed by atoms with Crippen LogP contribution in [0.25, 0.3) is 0 Å². The smallest absolute Gasteiger partial charge is 0.270 e. The van der Waals surface area contributed by atoms with E-state index in [4.69, 9.17) is 0 Å². The Labute approximate surface area is 192 Å². The molecule has 0 bridgehead atoms. The van der Waals surface area contributed by atoms with Crippen molar-refractivity contribution in [3.8, 4) is 0 Å². The summed E-state index contributed by atoms with van der Waals surface area (Å²) < 4.78 is 54.2. The Morgan fingerprint density at radius 1 is 0.970 bits per heavy atom. The lowest BCUT2D eigenvalue weighted by molar-refractivity contribution is -0.385. The molecule has 11 nitrogen and oxygen atoms in total. The Morgan fingerprint density at radius 3 is 2.18 bits per heavy atom. The van der Waals surface area contributed by atoms with Gasteiger partial charge in [-0.2, -0.15) is 4.31 Å². The van der Waals surface area contributed by atoms with E-state index in [1.165, 1.54) is 51.7 Å². The molecule has 0 spiro atoms. The van der Waals surface area contributed by atoms with Crippen LogP contribution < -0.4 is 4.72 Å².